The molecule has 120 valence electrons. The number of phenolic OH excluding ortho intramolecular Hbond substituents is 1. The Bertz CT molecular complexity index is 747. The molecule has 0 aromatic heterocycles. The maximum Gasteiger partial charge on any atom is 0.271 e. The number of hydrogen-bond donors (Lipinski definition) is 2. The molecule has 7 heteroatoms. The van der Waals surface area contributed by atoms with Crippen LogP contribution in [0.4, 0.5) is 0 Å². The highest BCUT2D eigenvalue weighted by molar-refractivity contribution is 14.1. The molecule has 0 saturated carbocycles. The van der Waals surface area contributed by atoms with Crippen molar-refractivity contribution >= 4 is 34.7 Å². The second kappa shape index (κ2) is 7.82. The van der Waals surface area contributed by atoms with Gasteiger partial charge in [-0.25, -0.2) is 5.43 Å². The second-order valence-electron chi connectivity index (χ2n) is 4.45. The summed E-state index contributed by atoms with van der Waals surface area (Å²) in [6.45, 7) is 0. The van der Waals surface area contributed by atoms with Crippen molar-refractivity contribution in [3.05, 3.63) is 51.1 Å². The average Bonchev–Trinajstić information content (AvgIpc) is 2.56. The van der Waals surface area contributed by atoms with Gasteiger partial charge in [-0.2, -0.15) is 5.10 Å². The van der Waals surface area contributed by atoms with Crippen LogP contribution in [0.3, 0.4) is 0 Å². The zero-order valence-corrected chi connectivity index (χ0v) is 14.7. The molecule has 1 amide bonds. The van der Waals surface area contributed by atoms with Gasteiger partial charge in [0.2, 0.25) is 0 Å². The summed E-state index contributed by atoms with van der Waals surface area (Å²) in [7, 11) is 3.03. The number of ether oxygens (including phenoxy) is 2. The van der Waals surface area contributed by atoms with Crippen LogP contribution >= 0.6 is 22.6 Å². The standard InChI is InChI=1S/C16H15IN2O4/c1-22-13-7-6-10(8-12(13)17)16(21)19-18-9-11-4-3-5-14(23-2)15(11)20/h3-9,20H,1-2H3,(H,19,21)/b18-9+. The highest BCUT2D eigenvalue weighted by atomic mass is 127. The van der Waals surface area contributed by atoms with E-state index in [1.54, 1.807) is 43.5 Å². The Morgan fingerprint density at radius 3 is 2.61 bits per heavy atom. The Labute approximate surface area is 147 Å². The molecule has 0 aliphatic heterocycles. The summed E-state index contributed by atoms with van der Waals surface area (Å²) in [5.41, 5.74) is 3.31. The molecule has 0 radical (unpaired) electrons. The van der Waals surface area contributed by atoms with Crippen molar-refractivity contribution in [2.45, 2.75) is 0 Å². The molecule has 0 bridgehead atoms. The largest absolute Gasteiger partial charge is 0.504 e. The van der Waals surface area contributed by atoms with E-state index in [9.17, 15) is 9.90 Å². The number of benzene rings is 2. The van der Waals surface area contributed by atoms with Crippen molar-refractivity contribution in [3.63, 3.8) is 0 Å². The van der Waals surface area contributed by atoms with Gasteiger partial charge in [-0.3, -0.25) is 4.79 Å². The quantitative estimate of drug-likeness (QED) is 0.438. The molecule has 0 saturated heterocycles. The molecule has 6 nitrogen and oxygen atoms in total. The zero-order valence-electron chi connectivity index (χ0n) is 12.5. The van der Waals surface area contributed by atoms with Crippen LogP contribution in [0.2, 0.25) is 0 Å². The van der Waals surface area contributed by atoms with Crippen molar-refractivity contribution in [2.75, 3.05) is 14.2 Å². The van der Waals surface area contributed by atoms with Crippen LogP contribution in [0.5, 0.6) is 17.2 Å². The maximum atomic E-state index is 12.0. The van der Waals surface area contributed by atoms with Crippen LogP contribution in [0, 0.1) is 3.57 Å². The van der Waals surface area contributed by atoms with E-state index in [0.29, 0.717) is 22.6 Å². The molecule has 0 spiro atoms. The molecule has 2 rings (SSSR count). The number of hydrogen-bond acceptors (Lipinski definition) is 5. The van der Waals surface area contributed by atoms with Gasteiger partial charge in [-0.15, -0.1) is 0 Å². The predicted octanol–water partition coefficient (Wildman–Crippen LogP) is 2.78. The highest BCUT2D eigenvalue weighted by Gasteiger charge is 2.08. The number of para-hydroxylation sites is 1. The number of rotatable bonds is 5. The van der Waals surface area contributed by atoms with Crippen LogP contribution in [0.1, 0.15) is 15.9 Å². The minimum absolute atomic E-state index is 0.0352. The fraction of sp³-hybridized carbons (Fsp3) is 0.125. The van der Waals surface area contributed by atoms with Gasteiger partial charge in [0.1, 0.15) is 5.75 Å². The number of halogens is 1. The number of carbonyl (C=O) groups excluding carboxylic acids is 1. The number of amides is 1. The van der Waals surface area contributed by atoms with E-state index in [-0.39, 0.29) is 11.7 Å². The molecule has 0 unspecified atom stereocenters. The average molecular weight is 426 g/mol. The number of phenols is 1. The van der Waals surface area contributed by atoms with Gasteiger partial charge in [0.05, 0.1) is 24.0 Å². The van der Waals surface area contributed by atoms with Gasteiger partial charge >= 0.3 is 0 Å². The van der Waals surface area contributed by atoms with Gasteiger partial charge in [0.25, 0.3) is 5.91 Å². The fourth-order valence-electron chi connectivity index (χ4n) is 1.84. The number of nitrogens with one attached hydrogen (secondary N) is 1. The monoisotopic (exact) mass is 426 g/mol. The predicted molar refractivity (Wildman–Crippen MR) is 95.4 cm³/mol. The first-order chi connectivity index (χ1) is 11.1. The number of nitrogens with zero attached hydrogens (tertiary/aromatic N) is 1. The van der Waals surface area contributed by atoms with E-state index < -0.39 is 0 Å². The minimum Gasteiger partial charge on any atom is -0.504 e. The topological polar surface area (TPSA) is 80.2 Å². The molecule has 2 aromatic rings. The zero-order chi connectivity index (χ0) is 16.8. The summed E-state index contributed by atoms with van der Waals surface area (Å²) < 4.78 is 11.0. The summed E-state index contributed by atoms with van der Waals surface area (Å²) in [5, 5.41) is 13.8. The smallest absolute Gasteiger partial charge is 0.271 e. The summed E-state index contributed by atoms with van der Waals surface area (Å²) in [6.07, 6.45) is 1.35. The lowest BCUT2D eigenvalue weighted by Gasteiger charge is -2.06. The first-order valence-electron chi connectivity index (χ1n) is 6.59. The van der Waals surface area contributed by atoms with E-state index in [1.807, 2.05) is 0 Å². The fourth-order valence-corrected chi connectivity index (χ4v) is 2.58. The number of carbonyl (C=O) groups is 1. The molecular formula is C16H15IN2O4. The van der Waals surface area contributed by atoms with E-state index in [2.05, 4.69) is 33.1 Å². The molecule has 0 aliphatic carbocycles. The summed E-state index contributed by atoms with van der Waals surface area (Å²) in [5.74, 6) is 0.646. The van der Waals surface area contributed by atoms with Gasteiger partial charge < -0.3 is 14.6 Å². The van der Waals surface area contributed by atoms with Crippen molar-refractivity contribution in [3.8, 4) is 17.2 Å². The Hall–Kier alpha value is -2.29. The SMILES string of the molecule is COc1ccc(C(=O)N/N=C/c2cccc(OC)c2O)cc1I. The molecule has 2 N–H and O–H groups in total. The van der Waals surface area contributed by atoms with E-state index in [1.165, 1.54) is 13.3 Å². The molecule has 23 heavy (non-hydrogen) atoms. The molecule has 0 heterocycles. The van der Waals surface area contributed by atoms with Gasteiger partial charge in [0, 0.05) is 11.1 Å². The molecular weight excluding hydrogens is 411 g/mol. The highest BCUT2D eigenvalue weighted by Crippen LogP contribution is 2.28. The van der Waals surface area contributed by atoms with Crippen molar-refractivity contribution in [1.82, 2.24) is 5.43 Å². The lowest BCUT2D eigenvalue weighted by molar-refractivity contribution is 0.0955. The number of hydrazone groups is 1. The van der Waals surface area contributed by atoms with E-state index in [4.69, 9.17) is 9.47 Å². The molecule has 0 fully saturated rings. The molecule has 0 aliphatic rings. The van der Waals surface area contributed by atoms with Crippen molar-refractivity contribution in [2.24, 2.45) is 5.10 Å². The number of methoxy groups -OCH3 is 2. The normalized spacial score (nSPS) is 10.6. The van der Waals surface area contributed by atoms with Crippen molar-refractivity contribution < 1.29 is 19.4 Å². The van der Waals surface area contributed by atoms with E-state index in [0.717, 1.165) is 3.57 Å². The Morgan fingerprint density at radius 1 is 1.22 bits per heavy atom. The minimum atomic E-state index is -0.357. The Kier molecular flexibility index (Phi) is 5.80. The molecule has 2 aromatic carbocycles. The van der Waals surface area contributed by atoms with Crippen LogP contribution in [0.25, 0.3) is 0 Å². The van der Waals surface area contributed by atoms with E-state index >= 15 is 0 Å². The van der Waals surface area contributed by atoms with Crippen LogP contribution in [0.15, 0.2) is 41.5 Å². The van der Waals surface area contributed by atoms with Crippen molar-refractivity contribution in [1.29, 1.82) is 0 Å². The lowest BCUT2D eigenvalue weighted by Crippen LogP contribution is -2.17. The third kappa shape index (κ3) is 4.13. The maximum absolute atomic E-state index is 12.0. The van der Waals surface area contributed by atoms with Gasteiger partial charge in [0.15, 0.2) is 11.5 Å². The summed E-state index contributed by atoms with van der Waals surface area (Å²) in [6, 6.07) is 10.1. The van der Waals surface area contributed by atoms with Crippen LogP contribution in [-0.4, -0.2) is 31.4 Å². The third-order valence-electron chi connectivity index (χ3n) is 3.03. The van der Waals surface area contributed by atoms with Crippen LogP contribution < -0.4 is 14.9 Å². The summed E-state index contributed by atoms with van der Waals surface area (Å²) >= 11 is 2.09. The lowest BCUT2D eigenvalue weighted by atomic mass is 10.2. The first kappa shape index (κ1) is 17.1. The molecule has 0 atom stereocenters. The van der Waals surface area contributed by atoms with Crippen LogP contribution in [-0.2, 0) is 0 Å². The second-order valence-corrected chi connectivity index (χ2v) is 5.61. The third-order valence-corrected chi connectivity index (χ3v) is 3.88. The van der Waals surface area contributed by atoms with Gasteiger partial charge in [-0.1, -0.05) is 6.07 Å². The Morgan fingerprint density at radius 2 is 1.96 bits per heavy atom. The number of aromatic hydroxyl groups is 1. The Balaban J connectivity index is 2.08. The first-order valence-corrected chi connectivity index (χ1v) is 7.67. The van der Waals surface area contributed by atoms with Gasteiger partial charge in [-0.05, 0) is 52.9 Å². The summed E-state index contributed by atoms with van der Waals surface area (Å²) in [4.78, 5) is 12.0.